The van der Waals surface area contributed by atoms with Gasteiger partial charge in [0.05, 0.1) is 4.92 Å². The fraction of sp³-hybridized carbons (Fsp3) is 0.188. The molecule has 2 rings (SSSR count). The van der Waals surface area contributed by atoms with Crippen LogP contribution in [0.1, 0.15) is 12.8 Å². The molecule has 2 N–H and O–H groups in total. The van der Waals surface area contributed by atoms with Crippen LogP contribution in [0.4, 0.5) is 17.1 Å². The van der Waals surface area contributed by atoms with Gasteiger partial charge in [0.2, 0.25) is 5.91 Å². The minimum atomic E-state index is -0.432. The second kappa shape index (κ2) is 8.47. The van der Waals surface area contributed by atoms with Crippen LogP contribution in [0.2, 0.25) is 0 Å². The number of hydrogen-bond donors (Lipinski definition) is 2. The van der Waals surface area contributed by atoms with E-state index in [9.17, 15) is 14.9 Å². The molecule has 6 nitrogen and oxygen atoms in total. The Kier molecular flexibility index (Phi) is 6.33. The second-order valence-corrected chi connectivity index (χ2v) is 6.14. The molecule has 0 fully saturated rings. The third-order valence-corrected chi connectivity index (χ3v) is 3.77. The Morgan fingerprint density at radius 1 is 1.13 bits per heavy atom. The van der Waals surface area contributed by atoms with E-state index in [1.54, 1.807) is 12.1 Å². The Hall–Kier alpha value is -2.16. The number of nitro benzene ring substituents is 1. The Labute approximate surface area is 147 Å². The maximum Gasteiger partial charge on any atom is 0.269 e. The molecule has 0 bridgehead atoms. The van der Waals surface area contributed by atoms with E-state index in [1.807, 2.05) is 24.3 Å². The molecule has 0 aliphatic heterocycles. The van der Waals surface area contributed by atoms with Crippen molar-refractivity contribution in [2.75, 3.05) is 17.2 Å². The highest BCUT2D eigenvalue weighted by Crippen LogP contribution is 2.15. The number of benzene rings is 2. The average Bonchev–Trinajstić information content (AvgIpc) is 2.52. The van der Waals surface area contributed by atoms with Crippen molar-refractivity contribution in [2.45, 2.75) is 12.8 Å². The van der Waals surface area contributed by atoms with E-state index in [4.69, 9.17) is 0 Å². The summed E-state index contributed by atoms with van der Waals surface area (Å²) < 4.78 is 1.07. The van der Waals surface area contributed by atoms with Crippen molar-refractivity contribution in [3.63, 3.8) is 0 Å². The third-order valence-electron chi connectivity index (χ3n) is 3.10. The van der Waals surface area contributed by atoms with E-state index in [-0.39, 0.29) is 11.6 Å². The zero-order chi connectivity index (χ0) is 16.7. The van der Waals surface area contributed by atoms with Gasteiger partial charge in [-0.1, -0.05) is 6.07 Å². The van der Waals surface area contributed by atoms with Crippen molar-refractivity contribution in [2.24, 2.45) is 0 Å². The molecule has 0 aliphatic carbocycles. The summed E-state index contributed by atoms with van der Waals surface area (Å²) in [5.41, 5.74) is 1.66. The summed E-state index contributed by atoms with van der Waals surface area (Å²) in [5, 5.41) is 16.5. The number of halogens is 1. The number of rotatable bonds is 7. The first kappa shape index (κ1) is 17.2. The molecule has 2 aromatic rings. The summed E-state index contributed by atoms with van der Waals surface area (Å²) >= 11 is 2.20. The number of nitrogens with one attached hydrogen (secondary N) is 2. The molecule has 0 unspecified atom stereocenters. The molecule has 0 saturated heterocycles. The van der Waals surface area contributed by atoms with E-state index in [0.29, 0.717) is 19.4 Å². The maximum absolute atomic E-state index is 11.8. The molecule has 0 heterocycles. The molecule has 120 valence electrons. The van der Waals surface area contributed by atoms with Crippen molar-refractivity contribution in [1.29, 1.82) is 0 Å². The van der Waals surface area contributed by atoms with Gasteiger partial charge >= 0.3 is 0 Å². The van der Waals surface area contributed by atoms with Gasteiger partial charge in [-0.3, -0.25) is 14.9 Å². The monoisotopic (exact) mass is 425 g/mol. The van der Waals surface area contributed by atoms with Crippen molar-refractivity contribution in [3.05, 3.63) is 62.2 Å². The van der Waals surface area contributed by atoms with Crippen LogP contribution in [0.25, 0.3) is 0 Å². The molecule has 23 heavy (non-hydrogen) atoms. The van der Waals surface area contributed by atoms with Crippen LogP contribution < -0.4 is 10.6 Å². The van der Waals surface area contributed by atoms with Crippen LogP contribution in [-0.4, -0.2) is 17.4 Å². The van der Waals surface area contributed by atoms with E-state index in [0.717, 1.165) is 14.9 Å². The van der Waals surface area contributed by atoms with E-state index in [2.05, 4.69) is 33.2 Å². The Morgan fingerprint density at radius 2 is 1.87 bits per heavy atom. The van der Waals surface area contributed by atoms with Crippen molar-refractivity contribution >= 4 is 45.6 Å². The molecule has 0 aromatic heterocycles. The van der Waals surface area contributed by atoms with Crippen molar-refractivity contribution in [3.8, 4) is 0 Å². The minimum Gasteiger partial charge on any atom is -0.385 e. The molecule has 1 amide bonds. The number of carbonyl (C=O) groups is 1. The number of nitrogens with zero attached hydrogens (tertiary/aromatic N) is 1. The lowest BCUT2D eigenvalue weighted by atomic mass is 10.2. The van der Waals surface area contributed by atoms with Crippen LogP contribution in [0.3, 0.4) is 0 Å². The van der Waals surface area contributed by atoms with Gasteiger partial charge in [0, 0.05) is 40.0 Å². The lowest BCUT2D eigenvalue weighted by molar-refractivity contribution is -0.384. The van der Waals surface area contributed by atoms with Crippen LogP contribution in [-0.2, 0) is 4.79 Å². The van der Waals surface area contributed by atoms with Gasteiger partial charge in [-0.05, 0) is 59.3 Å². The maximum atomic E-state index is 11.8. The summed E-state index contributed by atoms with van der Waals surface area (Å²) in [6, 6.07) is 13.8. The predicted molar refractivity (Wildman–Crippen MR) is 98.6 cm³/mol. The standard InChI is InChI=1S/C16H16IN3O3/c17-12-3-1-4-14(11-12)19-16(21)5-2-10-18-13-6-8-15(9-7-13)20(22)23/h1,3-4,6-9,11,18H,2,5,10H2,(H,19,21). The van der Waals surface area contributed by atoms with Gasteiger partial charge < -0.3 is 10.6 Å². The average molecular weight is 425 g/mol. The Morgan fingerprint density at radius 3 is 2.52 bits per heavy atom. The smallest absolute Gasteiger partial charge is 0.269 e. The molecule has 0 radical (unpaired) electrons. The number of non-ortho nitro benzene ring substituents is 1. The topological polar surface area (TPSA) is 84.3 Å². The summed E-state index contributed by atoms with van der Waals surface area (Å²) in [4.78, 5) is 22.0. The summed E-state index contributed by atoms with van der Waals surface area (Å²) in [7, 11) is 0. The number of nitro groups is 1. The van der Waals surface area contributed by atoms with Gasteiger partial charge in [-0.2, -0.15) is 0 Å². The lowest BCUT2D eigenvalue weighted by Crippen LogP contribution is -2.13. The van der Waals surface area contributed by atoms with E-state index < -0.39 is 4.92 Å². The number of amides is 1. The van der Waals surface area contributed by atoms with Crippen molar-refractivity contribution < 1.29 is 9.72 Å². The first-order chi connectivity index (χ1) is 11.0. The zero-order valence-corrected chi connectivity index (χ0v) is 14.4. The van der Waals surface area contributed by atoms with Crippen LogP contribution in [0.5, 0.6) is 0 Å². The van der Waals surface area contributed by atoms with Gasteiger partial charge in [-0.25, -0.2) is 0 Å². The van der Waals surface area contributed by atoms with Crippen LogP contribution >= 0.6 is 22.6 Å². The molecular formula is C16H16IN3O3. The van der Waals surface area contributed by atoms with Gasteiger partial charge in [0.15, 0.2) is 0 Å². The fourth-order valence-electron chi connectivity index (χ4n) is 1.97. The molecule has 0 atom stereocenters. The minimum absolute atomic E-state index is 0.0301. The molecule has 0 spiro atoms. The largest absolute Gasteiger partial charge is 0.385 e. The Balaban J connectivity index is 1.70. The summed E-state index contributed by atoms with van der Waals surface area (Å²) in [5.74, 6) is -0.0301. The third kappa shape index (κ3) is 5.85. The van der Waals surface area contributed by atoms with E-state index in [1.165, 1.54) is 12.1 Å². The SMILES string of the molecule is O=C(CCCNc1ccc([N+](=O)[O-])cc1)Nc1cccc(I)c1. The molecule has 2 aromatic carbocycles. The highest BCUT2D eigenvalue weighted by Gasteiger charge is 2.05. The number of hydrogen-bond acceptors (Lipinski definition) is 4. The fourth-order valence-corrected chi connectivity index (χ4v) is 2.52. The first-order valence-electron chi connectivity index (χ1n) is 7.08. The van der Waals surface area contributed by atoms with Crippen LogP contribution in [0, 0.1) is 13.7 Å². The number of anilines is 2. The molecular weight excluding hydrogens is 409 g/mol. The molecule has 0 saturated carbocycles. The highest BCUT2D eigenvalue weighted by atomic mass is 127. The number of carbonyl (C=O) groups excluding carboxylic acids is 1. The first-order valence-corrected chi connectivity index (χ1v) is 8.16. The van der Waals surface area contributed by atoms with Gasteiger partial charge in [0.1, 0.15) is 0 Å². The van der Waals surface area contributed by atoms with Crippen molar-refractivity contribution in [1.82, 2.24) is 0 Å². The normalized spacial score (nSPS) is 10.1. The predicted octanol–water partition coefficient (Wildman–Crippen LogP) is 4.03. The zero-order valence-electron chi connectivity index (χ0n) is 12.3. The lowest BCUT2D eigenvalue weighted by Gasteiger charge is -2.07. The van der Waals surface area contributed by atoms with Crippen LogP contribution in [0.15, 0.2) is 48.5 Å². The summed E-state index contributed by atoms with van der Waals surface area (Å²) in [6.07, 6.45) is 1.08. The quantitative estimate of drug-likeness (QED) is 0.304. The molecule has 0 aliphatic rings. The Bertz CT molecular complexity index is 689. The molecule has 7 heteroatoms. The summed E-state index contributed by atoms with van der Waals surface area (Å²) in [6.45, 7) is 0.623. The van der Waals surface area contributed by atoms with Gasteiger partial charge in [0.25, 0.3) is 5.69 Å². The van der Waals surface area contributed by atoms with Gasteiger partial charge in [-0.15, -0.1) is 0 Å². The van der Waals surface area contributed by atoms with E-state index >= 15 is 0 Å². The highest BCUT2D eigenvalue weighted by molar-refractivity contribution is 14.1. The second-order valence-electron chi connectivity index (χ2n) is 4.89.